The van der Waals surface area contributed by atoms with Crippen LogP contribution >= 0.6 is 11.3 Å². The summed E-state index contributed by atoms with van der Waals surface area (Å²) in [7, 11) is 1.50. The maximum atomic E-state index is 10.6. The average molecular weight is 351 g/mol. The fourth-order valence-electron chi connectivity index (χ4n) is 2.63. The van der Waals surface area contributed by atoms with E-state index in [0.29, 0.717) is 12.2 Å². The zero-order valence-corrected chi connectivity index (χ0v) is 14.4. The van der Waals surface area contributed by atoms with Gasteiger partial charge in [-0.05, 0) is 36.4 Å². The average Bonchev–Trinajstić information content (AvgIpc) is 3.03. The minimum atomic E-state index is 0.509. The van der Waals surface area contributed by atoms with Crippen LogP contribution in [-0.4, -0.2) is 23.4 Å². The Balaban J connectivity index is 0.000000880. The smallest absolute Gasteiger partial charge is 0.211 e. The lowest BCUT2D eigenvalue weighted by Gasteiger charge is -2.05. The van der Waals surface area contributed by atoms with E-state index in [9.17, 15) is 4.79 Å². The molecule has 7 heteroatoms. The van der Waals surface area contributed by atoms with Crippen molar-refractivity contribution in [3.63, 3.8) is 0 Å². The first-order valence-electron chi connectivity index (χ1n) is 7.57. The Morgan fingerprint density at radius 2 is 1.88 bits per heavy atom. The molecule has 0 fully saturated rings. The third-order valence-corrected chi connectivity index (χ3v) is 4.87. The van der Waals surface area contributed by atoms with Gasteiger partial charge in [0.25, 0.3) is 0 Å². The molecule has 0 saturated carbocycles. The Labute approximate surface area is 148 Å². The topological polar surface area (TPSA) is 107 Å². The fourth-order valence-corrected chi connectivity index (χ4v) is 3.73. The Hall–Kier alpha value is -3.03. The summed E-state index contributed by atoms with van der Waals surface area (Å²) in [6, 6.07) is 13.9. The Morgan fingerprint density at radius 1 is 1.08 bits per heavy atom. The number of fused-ring (bicyclic) bond motifs is 3. The van der Waals surface area contributed by atoms with Crippen molar-refractivity contribution < 1.29 is 4.79 Å². The number of hydrogen-bond acceptors (Lipinski definition) is 6. The summed E-state index contributed by atoms with van der Waals surface area (Å²) in [5.41, 5.74) is 14.2. The van der Waals surface area contributed by atoms with Gasteiger partial charge in [-0.25, -0.2) is 9.97 Å². The minimum Gasteiger partial charge on any atom is -0.382 e. The second-order valence-corrected chi connectivity index (χ2v) is 6.14. The number of rotatable bonds is 3. The third kappa shape index (κ3) is 3.15. The molecule has 2 aromatic heterocycles. The summed E-state index contributed by atoms with van der Waals surface area (Å²) in [5.74, 6) is 0.509. The molecular formula is C18H17N5OS. The summed E-state index contributed by atoms with van der Waals surface area (Å²) < 4.78 is 2.02. The minimum absolute atomic E-state index is 0.509. The van der Waals surface area contributed by atoms with E-state index in [0.717, 1.165) is 37.1 Å². The van der Waals surface area contributed by atoms with Gasteiger partial charge in [-0.2, -0.15) is 0 Å². The summed E-state index contributed by atoms with van der Waals surface area (Å²) >= 11 is 1.59. The number of carbonyl (C=O) groups is 1. The second kappa shape index (κ2) is 7.25. The number of aromatic nitrogens is 2. The van der Waals surface area contributed by atoms with E-state index in [1.54, 1.807) is 11.3 Å². The van der Waals surface area contributed by atoms with E-state index >= 15 is 0 Å². The van der Waals surface area contributed by atoms with Crippen LogP contribution in [0.5, 0.6) is 0 Å². The molecule has 2 heterocycles. The van der Waals surface area contributed by atoms with E-state index in [4.69, 9.17) is 5.73 Å². The molecule has 0 spiro atoms. The lowest BCUT2D eigenvalue weighted by atomic mass is 10.0. The summed E-state index contributed by atoms with van der Waals surface area (Å²) in [6.45, 7) is 0. The quantitative estimate of drug-likeness (QED) is 0.491. The number of carbonyl (C=O) groups excluding carboxylic acids is 1. The molecule has 6 nitrogen and oxygen atoms in total. The molecule has 25 heavy (non-hydrogen) atoms. The molecule has 0 bridgehead atoms. The van der Waals surface area contributed by atoms with Gasteiger partial charge in [0.2, 0.25) is 6.41 Å². The zero-order chi connectivity index (χ0) is 17.8. The van der Waals surface area contributed by atoms with Crippen molar-refractivity contribution in [2.24, 2.45) is 5.73 Å². The zero-order valence-electron chi connectivity index (χ0n) is 13.6. The highest BCUT2D eigenvalue weighted by atomic mass is 32.1. The molecule has 0 unspecified atom stereocenters. The van der Waals surface area contributed by atoms with Crippen molar-refractivity contribution in [1.82, 2.24) is 9.97 Å². The number of amides is 1. The number of nitrogen functional groups attached to an aromatic ring is 1. The van der Waals surface area contributed by atoms with E-state index < -0.39 is 0 Å². The van der Waals surface area contributed by atoms with Gasteiger partial charge in [-0.3, -0.25) is 4.79 Å². The van der Waals surface area contributed by atoms with Crippen LogP contribution in [0.4, 0.5) is 11.5 Å². The Morgan fingerprint density at radius 3 is 2.68 bits per heavy atom. The van der Waals surface area contributed by atoms with Crippen molar-refractivity contribution in [3.05, 3.63) is 48.8 Å². The highest BCUT2D eigenvalue weighted by Crippen LogP contribution is 2.37. The van der Waals surface area contributed by atoms with E-state index in [1.807, 2.05) is 30.3 Å². The van der Waals surface area contributed by atoms with Crippen molar-refractivity contribution in [3.8, 4) is 11.1 Å². The normalized spacial score (nSPS) is 10.3. The van der Waals surface area contributed by atoms with Gasteiger partial charge in [0.1, 0.15) is 12.1 Å². The number of nitrogens with two attached hydrogens (primary N) is 2. The van der Waals surface area contributed by atoms with Gasteiger partial charge >= 0.3 is 0 Å². The lowest BCUT2D eigenvalue weighted by molar-refractivity contribution is -0.105. The Bertz CT molecular complexity index is 1040. The molecule has 0 aliphatic heterocycles. The number of thiophene rings is 1. The largest absolute Gasteiger partial charge is 0.382 e. The van der Waals surface area contributed by atoms with Gasteiger partial charge in [-0.1, -0.05) is 24.3 Å². The second-order valence-electron chi connectivity index (χ2n) is 5.09. The molecule has 0 radical (unpaired) electrons. The van der Waals surface area contributed by atoms with Crippen molar-refractivity contribution in [1.29, 1.82) is 0 Å². The standard InChI is InChI=1S/C17H12N4OS.CH5N/c18-17-16-15(19-8-20-17)13-5-4-11(7-14(13)23-16)10-2-1-3-12(6-10)21-9-22;1-2/h1-9H,(H,21,22)(H2,18,19,20);2H2,1H3. The van der Waals surface area contributed by atoms with Crippen molar-refractivity contribution in [2.75, 3.05) is 18.1 Å². The summed E-state index contributed by atoms with van der Waals surface area (Å²) in [5, 5.41) is 3.75. The fraction of sp³-hybridized carbons (Fsp3) is 0.0556. The number of anilines is 2. The van der Waals surface area contributed by atoms with E-state index in [2.05, 4.69) is 33.2 Å². The predicted molar refractivity (Wildman–Crippen MR) is 105 cm³/mol. The van der Waals surface area contributed by atoms with Gasteiger partial charge in [-0.15, -0.1) is 11.3 Å². The molecule has 1 amide bonds. The monoisotopic (exact) mass is 351 g/mol. The van der Waals surface area contributed by atoms with Crippen LogP contribution in [0.15, 0.2) is 48.8 Å². The highest BCUT2D eigenvalue weighted by Gasteiger charge is 2.10. The number of benzene rings is 2. The molecule has 0 saturated heterocycles. The van der Waals surface area contributed by atoms with E-state index in [1.165, 1.54) is 13.4 Å². The van der Waals surface area contributed by atoms with Crippen LogP contribution in [0.1, 0.15) is 0 Å². The van der Waals surface area contributed by atoms with Crippen LogP contribution in [0, 0.1) is 0 Å². The lowest BCUT2D eigenvalue weighted by Crippen LogP contribution is -1.93. The summed E-state index contributed by atoms with van der Waals surface area (Å²) in [6.07, 6.45) is 2.17. The van der Waals surface area contributed by atoms with Crippen LogP contribution in [0.3, 0.4) is 0 Å². The van der Waals surface area contributed by atoms with Crippen molar-refractivity contribution >= 4 is 49.6 Å². The van der Waals surface area contributed by atoms with Crippen LogP contribution in [0.2, 0.25) is 0 Å². The third-order valence-electron chi connectivity index (χ3n) is 3.70. The highest BCUT2D eigenvalue weighted by molar-refractivity contribution is 7.26. The van der Waals surface area contributed by atoms with Gasteiger partial charge < -0.3 is 16.8 Å². The molecule has 4 aromatic rings. The summed E-state index contributed by atoms with van der Waals surface area (Å²) in [4.78, 5) is 19.0. The Kier molecular flexibility index (Phi) is 4.87. The molecule has 4 rings (SSSR count). The maximum absolute atomic E-state index is 10.6. The molecule has 5 N–H and O–H groups in total. The predicted octanol–water partition coefficient (Wildman–Crippen LogP) is 3.24. The molecule has 126 valence electrons. The first-order chi connectivity index (χ1) is 12.3. The van der Waals surface area contributed by atoms with Crippen LogP contribution in [0.25, 0.3) is 31.4 Å². The van der Waals surface area contributed by atoms with Crippen LogP contribution in [-0.2, 0) is 4.79 Å². The molecule has 0 aliphatic rings. The molecular weight excluding hydrogens is 334 g/mol. The van der Waals surface area contributed by atoms with Gasteiger partial charge in [0.15, 0.2) is 0 Å². The first kappa shape index (κ1) is 16.8. The number of hydrogen-bond donors (Lipinski definition) is 3. The first-order valence-corrected chi connectivity index (χ1v) is 8.39. The van der Waals surface area contributed by atoms with Crippen LogP contribution < -0.4 is 16.8 Å². The number of nitrogens with zero attached hydrogens (tertiary/aromatic N) is 2. The maximum Gasteiger partial charge on any atom is 0.211 e. The van der Waals surface area contributed by atoms with Gasteiger partial charge in [0, 0.05) is 15.8 Å². The number of nitrogens with one attached hydrogen (secondary N) is 1. The van der Waals surface area contributed by atoms with Crippen molar-refractivity contribution in [2.45, 2.75) is 0 Å². The van der Waals surface area contributed by atoms with Gasteiger partial charge in [0.05, 0.1) is 10.2 Å². The SMILES string of the molecule is CN.Nc1ncnc2c1sc1cc(-c3cccc(NC=O)c3)ccc12. The van der Waals surface area contributed by atoms with E-state index in [-0.39, 0.29) is 0 Å². The molecule has 0 aliphatic carbocycles. The molecule has 2 aromatic carbocycles. The molecule has 0 atom stereocenters.